The highest BCUT2D eigenvalue weighted by Crippen LogP contribution is 1.98. The molecule has 2 nitrogen and oxygen atoms in total. The summed E-state index contributed by atoms with van der Waals surface area (Å²) in [5, 5.41) is 0. The SMILES string of the molecule is CCC(C)C.O=S(=O)(Cl)Cl. The zero-order valence-electron chi connectivity index (χ0n) is 6.27. The molecule has 0 aromatic heterocycles. The van der Waals surface area contributed by atoms with Crippen molar-refractivity contribution in [3.8, 4) is 0 Å². The van der Waals surface area contributed by atoms with Crippen molar-refractivity contribution in [1.82, 2.24) is 0 Å². The molecular formula is C5H12Cl2O2S. The standard InChI is InChI=1S/C5H12.Cl2O2S/c1-4-5(2)3;1-5(2,3)4/h5H,4H2,1-3H3;. The minimum Gasteiger partial charge on any atom is -0.195 e. The van der Waals surface area contributed by atoms with E-state index in [2.05, 4.69) is 42.1 Å². The van der Waals surface area contributed by atoms with E-state index in [0.717, 1.165) is 5.92 Å². The third-order valence-corrected chi connectivity index (χ3v) is 0.816. The largest absolute Gasteiger partial charge is 0.317 e. The van der Waals surface area contributed by atoms with E-state index in [1.54, 1.807) is 0 Å². The lowest BCUT2D eigenvalue weighted by atomic mass is 10.2. The van der Waals surface area contributed by atoms with Gasteiger partial charge in [0.05, 0.1) is 0 Å². The quantitative estimate of drug-likeness (QED) is 0.619. The number of halogens is 2. The Morgan fingerprint density at radius 1 is 1.30 bits per heavy atom. The van der Waals surface area contributed by atoms with Crippen LogP contribution >= 0.6 is 21.4 Å². The van der Waals surface area contributed by atoms with E-state index in [0.29, 0.717) is 0 Å². The topological polar surface area (TPSA) is 34.1 Å². The van der Waals surface area contributed by atoms with E-state index < -0.39 is 8.26 Å². The summed E-state index contributed by atoms with van der Waals surface area (Å²) in [5.74, 6) is 0.884. The predicted molar refractivity (Wildman–Crippen MR) is 45.8 cm³/mol. The Bertz CT molecular complexity index is 143. The molecule has 0 amide bonds. The summed E-state index contributed by atoms with van der Waals surface area (Å²) in [6.07, 6.45) is 1.31. The maximum atomic E-state index is 9.16. The second-order valence-electron chi connectivity index (χ2n) is 2.18. The van der Waals surface area contributed by atoms with Crippen molar-refractivity contribution in [2.24, 2.45) is 5.92 Å². The monoisotopic (exact) mass is 206 g/mol. The van der Waals surface area contributed by atoms with Crippen LogP contribution in [0.4, 0.5) is 0 Å². The summed E-state index contributed by atoms with van der Waals surface area (Å²) in [6.45, 7) is 6.64. The van der Waals surface area contributed by atoms with Crippen molar-refractivity contribution in [2.45, 2.75) is 27.2 Å². The van der Waals surface area contributed by atoms with Crippen molar-refractivity contribution < 1.29 is 8.42 Å². The maximum Gasteiger partial charge on any atom is 0.317 e. The van der Waals surface area contributed by atoms with Crippen molar-refractivity contribution in [1.29, 1.82) is 0 Å². The van der Waals surface area contributed by atoms with Crippen molar-refractivity contribution >= 4 is 29.6 Å². The van der Waals surface area contributed by atoms with Gasteiger partial charge in [0.1, 0.15) is 0 Å². The van der Waals surface area contributed by atoms with Crippen LogP contribution in [0.5, 0.6) is 0 Å². The van der Waals surface area contributed by atoms with Crippen LogP contribution in [0.1, 0.15) is 27.2 Å². The minimum absolute atomic E-state index is 0.884. The molecule has 0 heterocycles. The van der Waals surface area contributed by atoms with E-state index in [1.807, 2.05) is 0 Å². The summed E-state index contributed by atoms with van der Waals surface area (Å²) in [6, 6.07) is 0. The minimum atomic E-state index is -3.72. The maximum absolute atomic E-state index is 9.16. The van der Waals surface area contributed by atoms with Crippen LogP contribution in [0.25, 0.3) is 0 Å². The average molecular weight is 207 g/mol. The number of hydrogen-bond donors (Lipinski definition) is 0. The van der Waals surface area contributed by atoms with Gasteiger partial charge in [-0.2, -0.15) is 8.42 Å². The van der Waals surface area contributed by atoms with Gasteiger partial charge in [-0.3, -0.25) is 0 Å². The van der Waals surface area contributed by atoms with Crippen LogP contribution < -0.4 is 0 Å². The normalized spacial score (nSPS) is 10.6. The second kappa shape index (κ2) is 6.25. The fourth-order valence-electron chi connectivity index (χ4n) is 0. The lowest BCUT2D eigenvalue weighted by molar-refractivity contribution is 0.621. The molecule has 0 aliphatic rings. The molecule has 0 saturated carbocycles. The van der Waals surface area contributed by atoms with Crippen molar-refractivity contribution in [2.75, 3.05) is 0 Å². The molecule has 0 saturated heterocycles. The molecule has 0 aromatic carbocycles. The summed E-state index contributed by atoms with van der Waals surface area (Å²) < 4.78 is 18.3. The van der Waals surface area contributed by atoms with Crippen LogP contribution in [-0.4, -0.2) is 8.42 Å². The highest BCUT2D eigenvalue weighted by molar-refractivity contribution is 8.31. The average Bonchev–Trinajstić information content (AvgIpc) is 1.61. The number of hydrogen-bond acceptors (Lipinski definition) is 2. The molecule has 0 aromatic rings. The molecule has 0 fully saturated rings. The molecule has 0 spiro atoms. The molecule has 0 atom stereocenters. The molecule has 64 valence electrons. The molecule has 0 rings (SSSR count). The van der Waals surface area contributed by atoms with Crippen molar-refractivity contribution in [3.05, 3.63) is 0 Å². The lowest BCUT2D eigenvalue weighted by Crippen LogP contribution is -1.77. The van der Waals surface area contributed by atoms with E-state index in [-0.39, 0.29) is 0 Å². The van der Waals surface area contributed by atoms with Gasteiger partial charge in [0.25, 0.3) is 0 Å². The summed E-state index contributed by atoms with van der Waals surface area (Å²) >= 11 is 0. The fourth-order valence-corrected chi connectivity index (χ4v) is 0. The summed E-state index contributed by atoms with van der Waals surface area (Å²) in [5.41, 5.74) is 0. The molecule has 0 aliphatic carbocycles. The number of rotatable bonds is 1. The van der Waals surface area contributed by atoms with E-state index in [1.165, 1.54) is 6.42 Å². The molecule has 10 heavy (non-hydrogen) atoms. The molecule has 5 heteroatoms. The molecule has 0 bridgehead atoms. The van der Waals surface area contributed by atoms with Crippen LogP contribution in [0.3, 0.4) is 0 Å². The van der Waals surface area contributed by atoms with Gasteiger partial charge in [0, 0.05) is 21.4 Å². The first-order chi connectivity index (χ1) is 4.27. The van der Waals surface area contributed by atoms with Gasteiger partial charge in [-0.05, 0) is 5.92 Å². The van der Waals surface area contributed by atoms with Gasteiger partial charge in [-0.25, -0.2) is 0 Å². The fraction of sp³-hybridized carbons (Fsp3) is 1.00. The first-order valence-electron chi connectivity index (χ1n) is 2.91. The zero-order chi connectivity index (χ0) is 8.78. The second-order valence-corrected chi connectivity index (χ2v) is 5.85. The third-order valence-electron chi connectivity index (χ3n) is 0.816. The Hall–Kier alpha value is 0.530. The Morgan fingerprint density at radius 2 is 1.40 bits per heavy atom. The van der Waals surface area contributed by atoms with E-state index in [4.69, 9.17) is 8.42 Å². The first-order valence-corrected chi connectivity index (χ1v) is 6.05. The van der Waals surface area contributed by atoms with Gasteiger partial charge in [0.2, 0.25) is 0 Å². The van der Waals surface area contributed by atoms with Gasteiger partial charge >= 0.3 is 8.26 Å². The Morgan fingerprint density at radius 3 is 1.40 bits per heavy atom. The Kier molecular flexibility index (Phi) is 8.22. The summed E-state index contributed by atoms with van der Waals surface area (Å²) in [4.78, 5) is 0. The van der Waals surface area contributed by atoms with E-state index in [9.17, 15) is 0 Å². The molecule has 0 aliphatic heterocycles. The first kappa shape index (κ1) is 13.1. The lowest BCUT2D eigenvalue weighted by Gasteiger charge is -1.90. The van der Waals surface area contributed by atoms with E-state index >= 15 is 0 Å². The van der Waals surface area contributed by atoms with Crippen LogP contribution in [0, 0.1) is 5.92 Å². The predicted octanol–water partition coefficient (Wildman–Crippen LogP) is 2.76. The Labute approximate surface area is 71.4 Å². The molecule has 0 unspecified atom stereocenters. The molecular weight excluding hydrogens is 195 g/mol. The highest BCUT2D eigenvalue weighted by atomic mass is 36.0. The molecule has 0 radical (unpaired) electrons. The zero-order valence-corrected chi connectivity index (χ0v) is 8.59. The van der Waals surface area contributed by atoms with Gasteiger partial charge < -0.3 is 0 Å². The third kappa shape index (κ3) is 75.6. The van der Waals surface area contributed by atoms with Crippen LogP contribution in [0.2, 0.25) is 0 Å². The van der Waals surface area contributed by atoms with Crippen molar-refractivity contribution in [3.63, 3.8) is 0 Å². The van der Waals surface area contributed by atoms with Crippen LogP contribution in [-0.2, 0) is 8.26 Å². The van der Waals surface area contributed by atoms with Gasteiger partial charge in [-0.1, -0.05) is 27.2 Å². The molecule has 0 N–H and O–H groups in total. The highest BCUT2D eigenvalue weighted by Gasteiger charge is 1.88. The van der Waals surface area contributed by atoms with Gasteiger partial charge in [0.15, 0.2) is 0 Å². The smallest absolute Gasteiger partial charge is 0.195 e. The Balaban J connectivity index is 0. The summed E-state index contributed by atoms with van der Waals surface area (Å²) in [7, 11) is 4.81. The van der Waals surface area contributed by atoms with Crippen LogP contribution in [0.15, 0.2) is 0 Å². The van der Waals surface area contributed by atoms with Gasteiger partial charge in [-0.15, -0.1) is 0 Å².